The lowest BCUT2D eigenvalue weighted by molar-refractivity contribution is 0.0693. The van der Waals surface area contributed by atoms with Gasteiger partial charge < -0.3 is 0 Å². The number of fused-ring (bicyclic) bond motifs is 1. The summed E-state index contributed by atoms with van der Waals surface area (Å²) in [6.07, 6.45) is 0.763. The number of hydrogen-bond donors (Lipinski definition) is 0. The second-order valence-corrected chi connectivity index (χ2v) is 4.71. The van der Waals surface area contributed by atoms with Crippen molar-refractivity contribution < 1.29 is 9.59 Å². The van der Waals surface area contributed by atoms with E-state index in [2.05, 4.69) is 0 Å². The number of hydrogen-bond acceptors (Lipinski definition) is 2. The van der Waals surface area contributed by atoms with Gasteiger partial charge in [0.15, 0.2) is 0 Å². The summed E-state index contributed by atoms with van der Waals surface area (Å²) in [7, 11) is 1.52. The molecule has 2 aromatic carbocycles. The Hall–Kier alpha value is -2.42. The van der Waals surface area contributed by atoms with Crippen molar-refractivity contribution in [2.45, 2.75) is 34.1 Å². The first-order valence-electron chi connectivity index (χ1n) is 8.16. The zero-order valence-corrected chi connectivity index (χ0v) is 14.6. The molecule has 0 unspecified atom stereocenters. The number of benzene rings is 2. The van der Waals surface area contributed by atoms with E-state index in [0.717, 1.165) is 16.9 Å². The van der Waals surface area contributed by atoms with Gasteiger partial charge in [0, 0.05) is 7.05 Å². The van der Waals surface area contributed by atoms with Crippen molar-refractivity contribution in [1.82, 2.24) is 4.90 Å². The molecule has 1 heterocycles. The highest BCUT2D eigenvalue weighted by atomic mass is 16.2. The smallest absolute Gasteiger partial charge is 0.261 e. The largest absolute Gasteiger partial charge is 0.277 e. The van der Waals surface area contributed by atoms with Crippen LogP contribution in [0.2, 0.25) is 0 Å². The summed E-state index contributed by atoms with van der Waals surface area (Å²) in [6, 6.07) is 15.5. The molecule has 1 aliphatic heterocycles. The molecule has 2 amide bonds. The van der Waals surface area contributed by atoms with Crippen LogP contribution in [0.3, 0.4) is 0 Å². The molecule has 3 nitrogen and oxygen atoms in total. The van der Waals surface area contributed by atoms with Gasteiger partial charge in [-0.15, -0.1) is 0 Å². The molecule has 0 bridgehead atoms. The molecule has 0 aromatic heterocycles. The molecule has 2 aromatic rings. The van der Waals surface area contributed by atoms with Crippen LogP contribution in [0.15, 0.2) is 48.5 Å². The van der Waals surface area contributed by atoms with Gasteiger partial charge in [0.05, 0.1) is 11.1 Å². The molecule has 0 fully saturated rings. The van der Waals surface area contributed by atoms with E-state index in [1.165, 1.54) is 12.6 Å². The third-order valence-electron chi connectivity index (χ3n) is 3.41. The first-order valence-corrected chi connectivity index (χ1v) is 8.16. The number of rotatable bonds is 2. The third-order valence-corrected chi connectivity index (χ3v) is 3.41. The van der Waals surface area contributed by atoms with Crippen LogP contribution in [0.25, 0.3) is 0 Å². The van der Waals surface area contributed by atoms with Crippen LogP contribution < -0.4 is 0 Å². The highest BCUT2D eigenvalue weighted by molar-refractivity contribution is 6.21. The first-order chi connectivity index (χ1) is 11.2. The Morgan fingerprint density at radius 3 is 1.91 bits per heavy atom. The van der Waals surface area contributed by atoms with E-state index in [4.69, 9.17) is 0 Å². The molecule has 1 aliphatic rings. The Balaban J connectivity index is 0.000000615. The lowest BCUT2D eigenvalue weighted by Crippen LogP contribution is -2.24. The standard InChI is InChI=1S/C16H13NO2.2C2H6/c1-17-15(18)13-8-7-12(10-14(13)16(17)19)9-11-5-3-2-4-6-11;2*1-2/h2-8,10H,9H2,1H3;2*1-2H3. The molecule has 0 N–H and O–H groups in total. The highest BCUT2D eigenvalue weighted by Crippen LogP contribution is 2.23. The second kappa shape index (κ2) is 8.89. The Bertz CT molecular complexity index is 663. The van der Waals surface area contributed by atoms with E-state index in [1.807, 2.05) is 70.2 Å². The number of nitrogens with zero attached hydrogens (tertiary/aromatic N) is 1. The summed E-state index contributed by atoms with van der Waals surface area (Å²) in [5.74, 6) is -0.429. The van der Waals surface area contributed by atoms with E-state index in [-0.39, 0.29) is 11.8 Å². The van der Waals surface area contributed by atoms with Crippen molar-refractivity contribution in [1.29, 1.82) is 0 Å². The molecule has 3 rings (SSSR count). The molecule has 0 spiro atoms. The topological polar surface area (TPSA) is 37.4 Å². The molecule has 23 heavy (non-hydrogen) atoms. The second-order valence-electron chi connectivity index (χ2n) is 4.71. The molecule has 3 heteroatoms. The van der Waals surface area contributed by atoms with Crippen molar-refractivity contribution in [2.24, 2.45) is 0 Å². The number of carbonyl (C=O) groups excluding carboxylic acids is 2. The quantitative estimate of drug-likeness (QED) is 0.763. The average Bonchev–Trinajstić information content (AvgIpc) is 2.84. The zero-order valence-electron chi connectivity index (χ0n) is 14.6. The summed E-state index contributed by atoms with van der Waals surface area (Å²) in [4.78, 5) is 24.9. The van der Waals surface area contributed by atoms with Gasteiger partial charge in [-0.2, -0.15) is 0 Å². The van der Waals surface area contributed by atoms with Crippen molar-refractivity contribution in [3.63, 3.8) is 0 Å². The van der Waals surface area contributed by atoms with E-state index < -0.39 is 0 Å². The summed E-state index contributed by atoms with van der Waals surface area (Å²) < 4.78 is 0. The zero-order chi connectivity index (χ0) is 17.4. The Morgan fingerprint density at radius 2 is 1.30 bits per heavy atom. The first kappa shape index (κ1) is 18.6. The fourth-order valence-corrected chi connectivity index (χ4v) is 2.35. The number of carbonyl (C=O) groups is 2. The van der Waals surface area contributed by atoms with Crippen LogP contribution >= 0.6 is 0 Å². The van der Waals surface area contributed by atoms with Crippen molar-refractivity contribution in [3.8, 4) is 0 Å². The number of amides is 2. The fraction of sp³-hybridized carbons (Fsp3) is 0.300. The predicted octanol–water partition coefficient (Wildman–Crippen LogP) is 4.56. The van der Waals surface area contributed by atoms with E-state index in [9.17, 15) is 9.59 Å². The maximum absolute atomic E-state index is 11.9. The van der Waals surface area contributed by atoms with E-state index in [1.54, 1.807) is 6.07 Å². The lowest BCUT2D eigenvalue weighted by atomic mass is 10.0. The summed E-state index contributed by atoms with van der Waals surface area (Å²) >= 11 is 0. The van der Waals surface area contributed by atoms with Gasteiger partial charge in [0.2, 0.25) is 0 Å². The van der Waals surface area contributed by atoms with Gasteiger partial charge in [0.25, 0.3) is 11.8 Å². The fourth-order valence-electron chi connectivity index (χ4n) is 2.35. The monoisotopic (exact) mass is 311 g/mol. The van der Waals surface area contributed by atoms with Crippen molar-refractivity contribution >= 4 is 11.8 Å². The van der Waals surface area contributed by atoms with Gasteiger partial charge in [0.1, 0.15) is 0 Å². The minimum Gasteiger partial charge on any atom is -0.277 e. The average molecular weight is 311 g/mol. The third kappa shape index (κ3) is 4.07. The van der Waals surface area contributed by atoms with Crippen LogP contribution in [0.1, 0.15) is 59.5 Å². The highest BCUT2D eigenvalue weighted by Gasteiger charge is 2.32. The van der Waals surface area contributed by atoms with E-state index in [0.29, 0.717) is 11.1 Å². The summed E-state index contributed by atoms with van der Waals surface area (Å²) in [6.45, 7) is 8.00. The Morgan fingerprint density at radius 1 is 0.739 bits per heavy atom. The number of imide groups is 1. The maximum atomic E-state index is 11.9. The normalized spacial score (nSPS) is 12.0. The summed E-state index contributed by atoms with van der Waals surface area (Å²) in [5.41, 5.74) is 3.25. The predicted molar refractivity (Wildman–Crippen MR) is 94.8 cm³/mol. The maximum Gasteiger partial charge on any atom is 0.261 e. The molecule has 0 aliphatic carbocycles. The van der Waals surface area contributed by atoms with Crippen LogP contribution in [-0.4, -0.2) is 23.8 Å². The molecule has 0 saturated carbocycles. The minimum atomic E-state index is -0.216. The van der Waals surface area contributed by atoms with Crippen LogP contribution in [0, 0.1) is 0 Å². The SMILES string of the molecule is CC.CC.CN1C(=O)c2ccc(Cc3ccccc3)cc2C1=O. The molecule has 122 valence electrons. The van der Waals surface area contributed by atoms with Crippen molar-refractivity contribution in [3.05, 3.63) is 70.8 Å². The molecule has 0 saturated heterocycles. The van der Waals surface area contributed by atoms with E-state index >= 15 is 0 Å². The van der Waals surface area contributed by atoms with Gasteiger partial charge in [-0.3, -0.25) is 14.5 Å². The van der Waals surface area contributed by atoms with Crippen LogP contribution in [0.5, 0.6) is 0 Å². The minimum absolute atomic E-state index is 0.213. The van der Waals surface area contributed by atoms with Crippen molar-refractivity contribution in [2.75, 3.05) is 7.05 Å². The van der Waals surface area contributed by atoms with Gasteiger partial charge in [-0.05, 0) is 29.7 Å². The Labute approximate surface area is 138 Å². The van der Waals surface area contributed by atoms with Gasteiger partial charge in [-0.1, -0.05) is 64.1 Å². The van der Waals surface area contributed by atoms with Crippen LogP contribution in [0.4, 0.5) is 0 Å². The van der Waals surface area contributed by atoms with Gasteiger partial charge >= 0.3 is 0 Å². The molecular formula is C20H25NO2. The van der Waals surface area contributed by atoms with Gasteiger partial charge in [-0.25, -0.2) is 0 Å². The summed E-state index contributed by atoms with van der Waals surface area (Å²) in [5, 5.41) is 0. The molecule has 0 radical (unpaired) electrons. The molecular weight excluding hydrogens is 286 g/mol. The Kier molecular flexibility index (Phi) is 7.20. The lowest BCUT2D eigenvalue weighted by Gasteiger charge is -2.03. The molecule has 0 atom stereocenters. The van der Waals surface area contributed by atoms with Crippen LogP contribution in [-0.2, 0) is 6.42 Å².